The van der Waals surface area contributed by atoms with Crippen LogP contribution in [0.15, 0.2) is 63.6 Å². The summed E-state index contributed by atoms with van der Waals surface area (Å²) in [6, 6.07) is 5.26. The molecule has 0 fully saturated rings. The summed E-state index contributed by atoms with van der Waals surface area (Å²) in [5.41, 5.74) is 0.491. The first-order valence-electron chi connectivity index (χ1n) is 19.8. The number of fused-ring (bicyclic) bond motifs is 2. The quantitative estimate of drug-likeness (QED) is 0.0802. The number of ether oxygens (including phenoxy) is 4. The lowest BCUT2D eigenvalue weighted by molar-refractivity contribution is -0.160. The SMILES string of the molecule is CO[C@H]1/C=C\O[C@@]2(C)Oc3c(C)c(=O)c4c(O)c(c5oc6cc(N(C)C)ccc6nc5c4c3C2=O)NC(=O)/C(C)=C/C=C/[C@H](C)[C@H](O)[C@@H](C)[C@@H](O)[C@@H](C)[C@H](OC(C)=O)[C@@H]1C. The van der Waals surface area contributed by atoms with Crippen LogP contribution in [0.2, 0.25) is 0 Å². The maximum absolute atomic E-state index is 14.6. The van der Waals surface area contributed by atoms with Crippen LogP contribution < -0.4 is 20.4 Å². The molecular weight excluding hydrogens is 775 g/mol. The number of rotatable bonds is 3. The van der Waals surface area contributed by atoms with Crippen molar-refractivity contribution in [3.63, 3.8) is 0 Å². The van der Waals surface area contributed by atoms with Gasteiger partial charge in [0.2, 0.25) is 0 Å². The van der Waals surface area contributed by atoms with Crippen molar-refractivity contribution in [1.29, 1.82) is 0 Å². The molecule has 2 aliphatic heterocycles. The first kappa shape index (κ1) is 43.8. The third-order valence-corrected chi connectivity index (χ3v) is 11.8. The lowest BCUT2D eigenvalue weighted by atomic mass is 9.78. The number of nitrogens with one attached hydrogen (secondary N) is 1. The van der Waals surface area contributed by atoms with E-state index in [0.29, 0.717) is 5.52 Å². The van der Waals surface area contributed by atoms with Crippen LogP contribution in [0, 0.1) is 30.6 Å². The van der Waals surface area contributed by atoms with E-state index in [1.54, 1.807) is 52.0 Å². The van der Waals surface area contributed by atoms with Gasteiger partial charge in [0.05, 0.1) is 35.5 Å². The molecule has 15 heteroatoms. The van der Waals surface area contributed by atoms with Crippen molar-refractivity contribution in [3.05, 3.63) is 75.7 Å². The summed E-state index contributed by atoms with van der Waals surface area (Å²) in [5.74, 6) is -7.16. The number of aliphatic hydroxyl groups excluding tert-OH is 2. The Bertz CT molecular complexity index is 2540. The summed E-state index contributed by atoms with van der Waals surface area (Å²) in [5, 5.41) is 37.3. The smallest absolute Gasteiger partial charge is 0.312 e. The predicted octanol–water partition coefficient (Wildman–Crippen LogP) is 6.06. The molecular formula is C45H53N3O12. The highest BCUT2D eigenvalue weighted by Gasteiger charge is 2.49. The van der Waals surface area contributed by atoms with Crippen molar-refractivity contribution >= 4 is 62.0 Å². The average molecular weight is 828 g/mol. The number of ketones is 1. The van der Waals surface area contributed by atoms with E-state index in [1.807, 2.05) is 25.1 Å². The predicted molar refractivity (Wildman–Crippen MR) is 226 cm³/mol. The highest BCUT2D eigenvalue weighted by Crippen LogP contribution is 2.48. The second kappa shape index (κ2) is 16.7. The number of methoxy groups -OCH3 is 1. The van der Waals surface area contributed by atoms with Crippen molar-refractivity contribution in [1.82, 2.24) is 4.98 Å². The molecule has 0 spiro atoms. The Morgan fingerprint density at radius 1 is 0.983 bits per heavy atom. The van der Waals surface area contributed by atoms with Crippen LogP contribution in [-0.2, 0) is 23.8 Å². The van der Waals surface area contributed by atoms with E-state index in [2.05, 4.69) is 5.32 Å². The van der Waals surface area contributed by atoms with Gasteiger partial charge in [-0.1, -0.05) is 45.9 Å². The van der Waals surface area contributed by atoms with Crippen molar-refractivity contribution in [2.75, 3.05) is 31.4 Å². The van der Waals surface area contributed by atoms with Crippen molar-refractivity contribution < 1.29 is 53.1 Å². The molecule has 4 N–H and O–H groups in total. The number of aromatic nitrogens is 1. The van der Waals surface area contributed by atoms with Gasteiger partial charge in [-0.05, 0) is 32.1 Å². The minimum Gasteiger partial charge on any atom is -0.505 e. The lowest BCUT2D eigenvalue weighted by Crippen LogP contribution is -2.46. The van der Waals surface area contributed by atoms with Crippen LogP contribution in [0.4, 0.5) is 11.4 Å². The van der Waals surface area contributed by atoms with Gasteiger partial charge in [-0.3, -0.25) is 19.2 Å². The summed E-state index contributed by atoms with van der Waals surface area (Å²) in [6.07, 6.45) is 3.65. The number of carbonyl (C=O) groups excluding carboxylic acids is 3. The number of hydrogen-bond acceptors (Lipinski definition) is 14. The molecule has 9 atom stereocenters. The molecule has 6 rings (SSSR count). The van der Waals surface area contributed by atoms with Gasteiger partial charge in [0.15, 0.2) is 22.3 Å². The first-order chi connectivity index (χ1) is 28.2. The summed E-state index contributed by atoms with van der Waals surface area (Å²) in [4.78, 5) is 61.8. The Morgan fingerprint density at radius 2 is 1.68 bits per heavy atom. The van der Waals surface area contributed by atoms with Crippen molar-refractivity contribution in [2.45, 2.75) is 85.6 Å². The second-order valence-corrected chi connectivity index (χ2v) is 16.3. The number of anilines is 2. The highest BCUT2D eigenvalue weighted by atomic mass is 16.7. The molecule has 15 nitrogen and oxygen atoms in total. The minimum atomic E-state index is -2.03. The van der Waals surface area contributed by atoms with Crippen LogP contribution in [0.5, 0.6) is 11.5 Å². The zero-order valence-electron chi connectivity index (χ0n) is 35.6. The molecule has 4 bridgehead atoms. The molecule has 0 saturated carbocycles. The molecule has 0 aliphatic carbocycles. The molecule has 320 valence electrons. The maximum atomic E-state index is 14.6. The van der Waals surface area contributed by atoms with Gasteiger partial charge >= 0.3 is 11.8 Å². The second-order valence-electron chi connectivity index (χ2n) is 16.3. The fourth-order valence-electron chi connectivity index (χ4n) is 8.07. The standard InChI is InChI=1S/C45H53N3O12/c1-20-13-12-14-21(2)44(55)47-35-39(53)32-31(34-42(35)59-30-19-27(48(9)10)15-16-28(30)46-34)33-41(25(6)38(32)52)60-45(8,43(33)54)57-18-17-29(56-11)22(3)40(58-26(7)49)24(5)37(51)23(4)36(20)50/h12-20,22-24,29,36-37,40,50-51,53H,1-11H3,(H,47,55)/b13-12+,18-17-,21-14+/t20-,22+,23+,24+,29-,36-,37+,40+,45-/m0/s1. The first-order valence-corrected chi connectivity index (χ1v) is 19.8. The molecule has 3 heterocycles. The summed E-state index contributed by atoms with van der Waals surface area (Å²) in [7, 11) is 5.14. The molecule has 4 aromatic rings. The van der Waals surface area contributed by atoms with Crippen LogP contribution in [0.25, 0.3) is 33.0 Å². The minimum absolute atomic E-state index is 0.000126. The number of phenols is 1. The van der Waals surface area contributed by atoms with Crippen LogP contribution in [0.3, 0.4) is 0 Å². The van der Waals surface area contributed by atoms with Gasteiger partial charge in [0.1, 0.15) is 28.6 Å². The zero-order chi connectivity index (χ0) is 44.1. The number of Topliss-reactive ketones (excluding diaryl/α,β-unsaturated/α-hetero) is 1. The summed E-state index contributed by atoms with van der Waals surface area (Å²) < 4.78 is 30.2. The number of aromatic hydroxyl groups is 1. The Hall–Kier alpha value is -5.77. The van der Waals surface area contributed by atoms with E-state index in [-0.39, 0.29) is 55.6 Å². The molecule has 60 heavy (non-hydrogen) atoms. The van der Waals surface area contributed by atoms with Crippen LogP contribution in [-0.4, -0.2) is 89.4 Å². The van der Waals surface area contributed by atoms with Crippen LogP contribution >= 0.6 is 0 Å². The number of nitrogens with zero attached hydrogens (tertiary/aromatic N) is 2. The largest absolute Gasteiger partial charge is 0.505 e. The zero-order valence-corrected chi connectivity index (χ0v) is 35.6. The Balaban J connectivity index is 1.60. The van der Waals surface area contributed by atoms with E-state index in [4.69, 9.17) is 28.3 Å². The Morgan fingerprint density at radius 3 is 2.33 bits per heavy atom. The molecule has 0 unspecified atom stereocenters. The number of allylic oxidation sites excluding steroid dienone is 2. The number of carbonyl (C=O) groups is 3. The summed E-state index contributed by atoms with van der Waals surface area (Å²) >= 11 is 0. The van der Waals surface area contributed by atoms with Gasteiger partial charge < -0.3 is 48.9 Å². The molecule has 0 radical (unpaired) electrons. The van der Waals surface area contributed by atoms with Crippen molar-refractivity contribution in [3.8, 4) is 11.5 Å². The third kappa shape index (κ3) is 7.72. The van der Waals surface area contributed by atoms with Gasteiger partial charge in [-0.2, -0.15) is 0 Å². The number of aliphatic hydroxyl groups is 2. The van der Waals surface area contributed by atoms with Crippen LogP contribution in [0.1, 0.15) is 64.4 Å². The van der Waals surface area contributed by atoms with Gasteiger partial charge in [0, 0.05) is 87.0 Å². The molecule has 1 aromatic heterocycles. The van der Waals surface area contributed by atoms with E-state index in [1.165, 1.54) is 53.2 Å². The molecule has 3 aromatic carbocycles. The number of esters is 1. The number of hydrogen-bond donors (Lipinski definition) is 4. The Kier molecular flexibility index (Phi) is 12.2. The fourth-order valence-corrected chi connectivity index (χ4v) is 8.07. The van der Waals surface area contributed by atoms with Gasteiger partial charge in [-0.25, -0.2) is 4.98 Å². The van der Waals surface area contributed by atoms with Gasteiger partial charge in [0.25, 0.3) is 11.7 Å². The van der Waals surface area contributed by atoms with E-state index >= 15 is 0 Å². The van der Waals surface area contributed by atoms with E-state index in [9.17, 15) is 34.5 Å². The van der Waals surface area contributed by atoms with E-state index < -0.39 is 82.7 Å². The number of amides is 1. The fraction of sp³-hybridized carbons (Fsp3) is 0.444. The summed E-state index contributed by atoms with van der Waals surface area (Å²) in [6.45, 7) is 12.6. The average Bonchev–Trinajstić information content (AvgIpc) is 3.47. The molecule has 1 amide bonds. The van der Waals surface area contributed by atoms with E-state index in [0.717, 1.165) is 5.69 Å². The lowest BCUT2D eigenvalue weighted by Gasteiger charge is -2.38. The molecule has 0 saturated heterocycles. The van der Waals surface area contributed by atoms with Gasteiger partial charge in [-0.15, -0.1) is 0 Å². The Labute approximate surface area is 347 Å². The molecule has 2 aliphatic rings. The maximum Gasteiger partial charge on any atom is 0.312 e. The third-order valence-electron chi connectivity index (χ3n) is 11.8. The normalized spacial score (nSPS) is 29.8. The number of benzene rings is 3. The highest BCUT2D eigenvalue weighted by molar-refractivity contribution is 6.26. The monoisotopic (exact) mass is 827 g/mol. The topological polar surface area (TPSA) is 207 Å². The number of phenolic OH excluding ortho intramolecular Hbond substituents is 1. The van der Waals surface area contributed by atoms with Crippen molar-refractivity contribution in [2.24, 2.45) is 23.7 Å².